The van der Waals surface area contributed by atoms with Crippen LogP contribution in [0.1, 0.15) is 32.8 Å². The van der Waals surface area contributed by atoms with E-state index in [4.69, 9.17) is 23.0 Å². The summed E-state index contributed by atoms with van der Waals surface area (Å²) in [5.74, 6) is 0.601. The number of furan rings is 1. The van der Waals surface area contributed by atoms with Gasteiger partial charge in [0.05, 0.1) is 19.9 Å². The lowest BCUT2D eigenvalue weighted by Crippen LogP contribution is -2.27. The Kier molecular flexibility index (Phi) is 8.48. The van der Waals surface area contributed by atoms with E-state index in [9.17, 15) is 14.4 Å². The van der Waals surface area contributed by atoms with Crippen molar-refractivity contribution in [2.24, 2.45) is 0 Å². The van der Waals surface area contributed by atoms with Crippen molar-refractivity contribution < 1.29 is 32.6 Å². The van der Waals surface area contributed by atoms with Crippen LogP contribution in [-0.2, 0) is 17.9 Å². The predicted octanol–water partition coefficient (Wildman–Crippen LogP) is 5.83. The molecule has 3 aromatic carbocycles. The average Bonchev–Trinajstić information content (AvgIpc) is 3.52. The first-order valence-corrected chi connectivity index (χ1v) is 13.0. The molecule has 42 heavy (non-hydrogen) atoms. The minimum atomic E-state index is -0.817. The summed E-state index contributed by atoms with van der Waals surface area (Å²) in [7, 11) is 1.55. The maximum Gasteiger partial charge on any atom is 0.349 e. The van der Waals surface area contributed by atoms with Crippen molar-refractivity contribution in [1.82, 2.24) is 5.32 Å². The van der Waals surface area contributed by atoms with Crippen LogP contribution in [0.4, 0.5) is 0 Å². The Morgan fingerprint density at radius 2 is 1.81 bits per heavy atom. The number of fused-ring (bicyclic) bond motifs is 1. The van der Waals surface area contributed by atoms with Gasteiger partial charge < -0.3 is 28.4 Å². The largest absolute Gasteiger partial charge is 0.493 e. The number of ether oxygens (including phenoxy) is 3. The van der Waals surface area contributed by atoms with Crippen molar-refractivity contribution in [3.8, 4) is 17.2 Å². The van der Waals surface area contributed by atoms with Crippen molar-refractivity contribution >= 4 is 28.9 Å². The molecular formula is C33H27NO8. The van der Waals surface area contributed by atoms with E-state index in [0.717, 1.165) is 11.1 Å². The second-order valence-electron chi connectivity index (χ2n) is 9.29. The molecule has 0 aliphatic heterocycles. The lowest BCUT2D eigenvalue weighted by molar-refractivity contribution is -0.128. The number of carbonyl (C=O) groups excluding carboxylic acids is 2. The highest BCUT2D eigenvalue weighted by molar-refractivity contribution is 5.97. The number of rotatable bonds is 10. The first-order chi connectivity index (χ1) is 20.4. The maximum absolute atomic E-state index is 12.5. The fraction of sp³-hybridized carbons (Fsp3) is 0.121. The molecule has 0 atom stereocenters. The summed E-state index contributed by atoms with van der Waals surface area (Å²) in [4.78, 5) is 37.4. The molecule has 0 saturated heterocycles. The number of esters is 1. The van der Waals surface area contributed by atoms with Gasteiger partial charge in [-0.25, -0.2) is 9.59 Å². The zero-order valence-corrected chi connectivity index (χ0v) is 22.9. The third kappa shape index (κ3) is 6.76. The molecule has 0 aliphatic rings. The fourth-order valence-corrected chi connectivity index (χ4v) is 4.14. The van der Waals surface area contributed by atoms with Crippen molar-refractivity contribution in [1.29, 1.82) is 0 Å². The van der Waals surface area contributed by atoms with Crippen LogP contribution in [-0.4, -0.2) is 19.0 Å². The Morgan fingerprint density at radius 3 is 2.60 bits per heavy atom. The summed E-state index contributed by atoms with van der Waals surface area (Å²) >= 11 is 0. The molecule has 1 N–H and O–H groups in total. The summed E-state index contributed by atoms with van der Waals surface area (Å²) in [5.41, 5.74) is 2.12. The Balaban J connectivity index is 1.22. The topological polar surface area (TPSA) is 117 Å². The molecule has 9 nitrogen and oxygen atoms in total. The number of nitrogens with one attached hydrogen (secondary N) is 1. The smallest absolute Gasteiger partial charge is 0.349 e. The van der Waals surface area contributed by atoms with E-state index in [2.05, 4.69) is 5.32 Å². The number of hydrogen-bond acceptors (Lipinski definition) is 8. The first kappa shape index (κ1) is 28.0. The Bertz CT molecular complexity index is 1820. The van der Waals surface area contributed by atoms with Crippen molar-refractivity contribution in [2.75, 3.05) is 7.11 Å². The van der Waals surface area contributed by atoms with E-state index in [-0.39, 0.29) is 23.4 Å². The quantitative estimate of drug-likeness (QED) is 0.0973. The molecule has 0 bridgehead atoms. The molecule has 1 amide bonds. The Hall–Kier alpha value is -5.57. The lowest BCUT2D eigenvalue weighted by Gasteiger charge is -2.12. The van der Waals surface area contributed by atoms with Crippen LogP contribution in [0.2, 0.25) is 0 Å². The second-order valence-corrected chi connectivity index (χ2v) is 9.29. The van der Waals surface area contributed by atoms with Gasteiger partial charge in [0.15, 0.2) is 11.5 Å². The van der Waals surface area contributed by atoms with Crippen molar-refractivity contribution in [2.45, 2.75) is 20.1 Å². The molecule has 0 unspecified atom stereocenters. The SMILES string of the molecule is COc1cc(/C=C/C(=O)Oc2ccc3cc(C(=O)NCc4ccco4)c(=O)oc3c2)ccc1OCc1ccccc1C. The monoisotopic (exact) mass is 565 g/mol. The van der Waals surface area contributed by atoms with Crippen molar-refractivity contribution in [3.63, 3.8) is 0 Å². The van der Waals surface area contributed by atoms with Gasteiger partial charge in [0, 0.05) is 17.5 Å². The van der Waals surface area contributed by atoms with E-state index < -0.39 is 17.5 Å². The highest BCUT2D eigenvalue weighted by Gasteiger charge is 2.15. The molecule has 5 aromatic rings. The van der Waals surface area contributed by atoms with Gasteiger partial charge >= 0.3 is 11.6 Å². The summed E-state index contributed by atoms with van der Waals surface area (Å²) in [6, 6.07) is 22.7. The number of methoxy groups -OCH3 is 1. The number of carbonyl (C=O) groups is 2. The fourth-order valence-electron chi connectivity index (χ4n) is 4.14. The molecular weight excluding hydrogens is 538 g/mol. The Morgan fingerprint density at radius 1 is 0.952 bits per heavy atom. The van der Waals surface area contributed by atoms with Gasteiger partial charge in [0.2, 0.25) is 0 Å². The molecule has 0 spiro atoms. The first-order valence-electron chi connectivity index (χ1n) is 13.0. The summed E-state index contributed by atoms with van der Waals surface area (Å²) in [6.07, 6.45) is 4.35. The molecule has 0 saturated carbocycles. The van der Waals surface area contributed by atoms with E-state index in [0.29, 0.717) is 34.8 Å². The normalized spacial score (nSPS) is 11.0. The van der Waals surface area contributed by atoms with Crippen LogP contribution in [0.3, 0.4) is 0 Å². The van der Waals surface area contributed by atoms with E-state index in [1.165, 1.54) is 24.5 Å². The lowest BCUT2D eigenvalue weighted by atomic mass is 10.1. The molecule has 2 aromatic heterocycles. The van der Waals surface area contributed by atoms with Gasteiger partial charge in [-0.15, -0.1) is 0 Å². The Labute approximate surface area is 240 Å². The maximum atomic E-state index is 12.5. The standard InChI is InChI=1S/C33H27NO8/c1-21-6-3-4-7-24(21)20-40-28-13-9-22(16-30(28)38-2)10-14-31(35)41-25-12-11-23-17-27(33(37)42-29(23)18-25)32(36)34-19-26-8-5-15-39-26/h3-18H,19-20H2,1-2H3,(H,34,36)/b14-10+. The summed E-state index contributed by atoms with van der Waals surface area (Å²) in [6.45, 7) is 2.56. The minimum absolute atomic E-state index is 0.129. The van der Waals surface area contributed by atoms with E-state index >= 15 is 0 Å². The zero-order valence-electron chi connectivity index (χ0n) is 22.9. The minimum Gasteiger partial charge on any atom is -0.493 e. The number of benzene rings is 3. The summed E-state index contributed by atoms with van der Waals surface area (Å²) in [5, 5.41) is 3.10. The average molecular weight is 566 g/mol. The van der Waals surface area contributed by atoms with Crippen LogP contribution < -0.4 is 25.2 Å². The summed E-state index contributed by atoms with van der Waals surface area (Å²) < 4.78 is 27.3. The number of amides is 1. The number of aryl methyl sites for hydroxylation is 1. The highest BCUT2D eigenvalue weighted by atomic mass is 16.5. The molecule has 2 heterocycles. The van der Waals surface area contributed by atoms with Crippen LogP contribution >= 0.6 is 0 Å². The zero-order chi connectivity index (χ0) is 29.5. The number of hydrogen-bond donors (Lipinski definition) is 1. The second kappa shape index (κ2) is 12.7. The van der Waals surface area contributed by atoms with Gasteiger partial charge in [-0.05, 0) is 72.2 Å². The van der Waals surface area contributed by atoms with E-state index in [1.807, 2.05) is 31.2 Å². The third-order valence-electron chi connectivity index (χ3n) is 6.42. The van der Waals surface area contributed by atoms with Gasteiger partial charge in [-0.3, -0.25) is 4.79 Å². The van der Waals surface area contributed by atoms with Gasteiger partial charge in [0.1, 0.15) is 29.3 Å². The predicted molar refractivity (Wildman–Crippen MR) is 156 cm³/mol. The van der Waals surface area contributed by atoms with Crippen LogP contribution in [0.5, 0.6) is 17.2 Å². The van der Waals surface area contributed by atoms with Crippen LogP contribution in [0.15, 0.2) is 105 Å². The van der Waals surface area contributed by atoms with Crippen LogP contribution in [0, 0.1) is 6.92 Å². The molecule has 0 radical (unpaired) electrons. The van der Waals surface area contributed by atoms with Crippen LogP contribution in [0.25, 0.3) is 17.0 Å². The highest BCUT2D eigenvalue weighted by Crippen LogP contribution is 2.30. The van der Waals surface area contributed by atoms with Crippen molar-refractivity contribution in [3.05, 3.63) is 130 Å². The molecule has 5 rings (SSSR count). The molecule has 9 heteroatoms. The van der Waals surface area contributed by atoms with Gasteiger partial charge in [-0.1, -0.05) is 30.3 Å². The molecule has 0 aliphatic carbocycles. The van der Waals surface area contributed by atoms with E-state index in [1.54, 1.807) is 55.7 Å². The van der Waals surface area contributed by atoms with Gasteiger partial charge in [-0.2, -0.15) is 0 Å². The van der Waals surface area contributed by atoms with Gasteiger partial charge in [0.25, 0.3) is 5.91 Å². The molecule has 0 fully saturated rings. The molecule has 212 valence electrons. The third-order valence-corrected chi connectivity index (χ3v) is 6.42.